The molecule has 0 aliphatic heterocycles. The summed E-state index contributed by atoms with van der Waals surface area (Å²) in [5.74, 6) is 0. The molecule has 0 N–H and O–H groups in total. The van der Waals surface area contributed by atoms with Crippen LogP contribution in [-0.4, -0.2) is 20.1 Å². The van der Waals surface area contributed by atoms with Gasteiger partial charge in [0.05, 0.1) is 0 Å². The molecule has 50 valence electrons. The van der Waals surface area contributed by atoms with Crippen LogP contribution in [0.5, 0.6) is 0 Å². The predicted molar refractivity (Wildman–Crippen MR) is 27.3 cm³/mol. The fourth-order valence-corrected chi connectivity index (χ4v) is 1.93. The van der Waals surface area contributed by atoms with E-state index < -0.39 is 20.1 Å². The molecule has 0 heterocycles. The second kappa shape index (κ2) is 4.23. The molecule has 0 saturated heterocycles. The van der Waals surface area contributed by atoms with Crippen LogP contribution < -0.4 is 0 Å². The Morgan fingerprint density at radius 2 is 1.25 bits per heavy atom. The average molecular weight is 292 g/mol. The van der Waals surface area contributed by atoms with Crippen LogP contribution in [0.25, 0.3) is 0 Å². The minimum atomic E-state index is -4.70. The Balaban J connectivity index is 3.79. The first-order valence-corrected chi connectivity index (χ1v) is 6.29. The zero-order valence-corrected chi connectivity index (χ0v) is 8.03. The molecule has 0 aromatic rings. The van der Waals surface area contributed by atoms with E-state index in [2.05, 4.69) is 43.3 Å². The fourth-order valence-electron chi connectivity index (χ4n) is 0.0319. The molecule has 0 rings (SSSR count). The van der Waals surface area contributed by atoms with Gasteiger partial charge in [-0.3, -0.25) is 0 Å². The van der Waals surface area contributed by atoms with Gasteiger partial charge >= 0.3 is 66.4 Å². The van der Waals surface area contributed by atoms with Gasteiger partial charge in [0.2, 0.25) is 0 Å². The van der Waals surface area contributed by atoms with Crippen LogP contribution in [-0.2, 0) is 10.7 Å². The molecule has 0 unspecified atom stereocenters. The summed E-state index contributed by atoms with van der Waals surface area (Å²) in [7, 11) is 0. The van der Waals surface area contributed by atoms with Crippen molar-refractivity contribution in [3.8, 4) is 0 Å². The molecular formula is Cl3O4Sb. The standard InChI is InChI=1S/3ClO.O.Sb/c3*1-2;;/q3*-1;;+3. The Bertz CT molecular complexity index is 82.4. The van der Waals surface area contributed by atoms with Crippen molar-refractivity contribution in [3.63, 3.8) is 0 Å². The minimum absolute atomic E-state index is 3.64. The molecule has 4 nitrogen and oxygen atoms in total. The average Bonchev–Trinajstić information content (AvgIpc) is 1.87. The van der Waals surface area contributed by atoms with Crippen LogP contribution in [0.3, 0.4) is 0 Å². The van der Waals surface area contributed by atoms with Gasteiger partial charge in [0.25, 0.3) is 0 Å². The normalized spacial score (nSPS) is 11.9. The third-order valence-corrected chi connectivity index (χ3v) is 5.10. The first-order chi connectivity index (χ1) is 3.68. The molecule has 0 aromatic heterocycles. The van der Waals surface area contributed by atoms with Crippen molar-refractivity contribution in [2.75, 3.05) is 0 Å². The third-order valence-electron chi connectivity index (χ3n) is 0.254. The molecule has 8 heteroatoms. The van der Waals surface area contributed by atoms with Gasteiger partial charge in [0.1, 0.15) is 0 Å². The molecule has 0 atom stereocenters. The van der Waals surface area contributed by atoms with E-state index in [1.165, 1.54) is 0 Å². The Hall–Kier alpha value is 1.37. The van der Waals surface area contributed by atoms with Gasteiger partial charge in [0.15, 0.2) is 0 Å². The third kappa shape index (κ3) is 2.78. The Morgan fingerprint density at radius 3 is 1.25 bits per heavy atom. The van der Waals surface area contributed by atoms with Crippen LogP contribution in [0.2, 0.25) is 0 Å². The summed E-state index contributed by atoms with van der Waals surface area (Å²) in [4.78, 5) is 0. The molecule has 0 bridgehead atoms. The van der Waals surface area contributed by atoms with E-state index in [0.29, 0.717) is 0 Å². The summed E-state index contributed by atoms with van der Waals surface area (Å²) in [6.45, 7) is 0. The van der Waals surface area contributed by atoms with Crippen molar-refractivity contribution >= 4 is 55.7 Å². The van der Waals surface area contributed by atoms with Crippen molar-refractivity contribution in [3.05, 3.63) is 0 Å². The molecule has 0 aliphatic carbocycles. The topological polar surface area (TPSA) is 44.8 Å². The van der Waals surface area contributed by atoms with Crippen LogP contribution in [0.15, 0.2) is 0 Å². The van der Waals surface area contributed by atoms with Gasteiger partial charge in [-0.25, -0.2) is 0 Å². The molecule has 0 aliphatic rings. The summed E-state index contributed by atoms with van der Waals surface area (Å²) in [6.07, 6.45) is 0. The van der Waals surface area contributed by atoms with Crippen LogP contribution in [0, 0.1) is 0 Å². The monoisotopic (exact) mass is 290 g/mol. The Morgan fingerprint density at radius 1 is 1.00 bits per heavy atom. The molecule has 0 amide bonds. The first kappa shape index (κ1) is 9.37. The second-order valence-corrected chi connectivity index (χ2v) is 7.17. The van der Waals surface area contributed by atoms with Gasteiger partial charge in [-0.05, 0) is 0 Å². The van der Waals surface area contributed by atoms with Gasteiger partial charge in [0, 0.05) is 0 Å². The van der Waals surface area contributed by atoms with Crippen molar-refractivity contribution in [2.24, 2.45) is 0 Å². The molecule has 0 aromatic carbocycles. The van der Waals surface area contributed by atoms with Gasteiger partial charge < -0.3 is 0 Å². The predicted octanol–water partition coefficient (Wildman–Crippen LogP) is 1.36. The van der Waals surface area contributed by atoms with Crippen LogP contribution >= 0.6 is 35.6 Å². The zero-order chi connectivity index (χ0) is 6.62. The maximum absolute atomic E-state index is 10.3. The SMILES string of the molecule is [O]=[Sb]([O]Cl)([O]Cl)[O]Cl. The van der Waals surface area contributed by atoms with E-state index in [-0.39, 0.29) is 0 Å². The number of halogens is 3. The molecule has 0 radical (unpaired) electrons. The molecule has 0 saturated carbocycles. The summed E-state index contributed by atoms with van der Waals surface area (Å²) >= 11 is 9.00. The Labute approximate surface area is 66.1 Å². The summed E-state index contributed by atoms with van der Waals surface area (Å²) < 4.78 is 21.3. The molecule has 8 heavy (non-hydrogen) atoms. The quantitative estimate of drug-likeness (QED) is 0.737. The van der Waals surface area contributed by atoms with E-state index in [0.717, 1.165) is 0 Å². The number of rotatable bonds is 3. The fraction of sp³-hybridized carbons (Fsp3) is 0. The van der Waals surface area contributed by atoms with Gasteiger partial charge in [-0.1, -0.05) is 0 Å². The second-order valence-electron chi connectivity index (χ2n) is 0.654. The van der Waals surface area contributed by atoms with Crippen molar-refractivity contribution < 1.29 is 10.7 Å². The Kier molecular flexibility index (Phi) is 4.95. The molecular weight excluding hydrogens is 292 g/mol. The van der Waals surface area contributed by atoms with E-state index in [1.807, 2.05) is 0 Å². The van der Waals surface area contributed by atoms with Gasteiger partial charge in [-0.2, -0.15) is 0 Å². The van der Waals surface area contributed by atoms with E-state index in [4.69, 9.17) is 0 Å². The first-order valence-electron chi connectivity index (χ1n) is 1.19. The van der Waals surface area contributed by atoms with Crippen LogP contribution in [0.1, 0.15) is 0 Å². The number of hydrogen-bond donors (Lipinski definition) is 0. The van der Waals surface area contributed by atoms with E-state index >= 15 is 0 Å². The summed E-state index contributed by atoms with van der Waals surface area (Å²) in [6, 6.07) is 0. The number of hydrogen-bond acceptors (Lipinski definition) is 4. The van der Waals surface area contributed by atoms with Gasteiger partial charge in [-0.15, -0.1) is 0 Å². The van der Waals surface area contributed by atoms with Crippen molar-refractivity contribution in [2.45, 2.75) is 0 Å². The summed E-state index contributed by atoms with van der Waals surface area (Å²) in [5.41, 5.74) is 0. The van der Waals surface area contributed by atoms with Crippen LogP contribution in [0.4, 0.5) is 0 Å². The molecule has 0 fully saturated rings. The molecule has 0 spiro atoms. The zero-order valence-electron chi connectivity index (χ0n) is 3.21. The maximum atomic E-state index is 10.3. The van der Waals surface area contributed by atoms with E-state index in [1.54, 1.807) is 0 Å². The van der Waals surface area contributed by atoms with Crippen molar-refractivity contribution in [1.29, 1.82) is 0 Å². The van der Waals surface area contributed by atoms with E-state index in [9.17, 15) is 3.02 Å². The van der Waals surface area contributed by atoms with Crippen molar-refractivity contribution in [1.82, 2.24) is 0 Å². The summed E-state index contributed by atoms with van der Waals surface area (Å²) in [5, 5.41) is 0.